The van der Waals surface area contributed by atoms with E-state index in [1.54, 1.807) is 4.90 Å². The van der Waals surface area contributed by atoms with E-state index in [0.717, 1.165) is 16.0 Å². The molecule has 3 aromatic heterocycles. The molecule has 0 atom stereocenters. The Morgan fingerprint density at radius 3 is 2.66 bits per heavy atom. The summed E-state index contributed by atoms with van der Waals surface area (Å²) in [6.07, 6.45) is 1.34. The topological polar surface area (TPSA) is 81.5 Å². The number of hydrogen-bond donors (Lipinski definition) is 0. The van der Waals surface area contributed by atoms with Crippen LogP contribution in [0, 0.1) is 0 Å². The monoisotopic (exact) mass is 467 g/mol. The Morgan fingerprint density at radius 1 is 1.12 bits per heavy atom. The third-order valence-electron chi connectivity index (χ3n) is 4.95. The maximum absolute atomic E-state index is 13.0. The summed E-state index contributed by atoms with van der Waals surface area (Å²) >= 11 is 2.93. The Kier molecular flexibility index (Phi) is 6.77. The van der Waals surface area contributed by atoms with Gasteiger partial charge in [0.25, 0.3) is 11.5 Å². The molecule has 0 bridgehead atoms. The molecular weight excluding hydrogens is 446 g/mol. The highest BCUT2D eigenvalue weighted by Gasteiger charge is 2.18. The molecule has 0 saturated carbocycles. The predicted octanol–water partition coefficient (Wildman–Crippen LogP) is 3.78. The highest BCUT2D eigenvalue weighted by atomic mass is 32.1. The molecule has 1 aromatic carbocycles. The van der Waals surface area contributed by atoms with Crippen LogP contribution in [0.2, 0.25) is 0 Å². The molecule has 0 aliphatic carbocycles. The van der Waals surface area contributed by atoms with Gasteiger partial charge in [-0.15, -0.1) is 22.7 Å². The van der Waals surface area contributed by atoms with Crippen molar-refractivity contribution in [2.75, 3.05) is 13.2 Å². The van der Waals surface area contributed by atoms with Crippen molar-refractivity contribution in [3.8, 4) is 10.4 Å². The van der Waals surface area contributed by atoms with Gasteiger partial charge in [0.15, 0.2) is 6.61 Å². The molecule has 0 aliphatic heterocycles. The number of ether oxygens (including phenoxy) is 1. The molecule has 164 valence electrons. The zero-order valence-corrected chi connectivity index (χ0v) is 19.0. The minimum atomic E-state index is -0.662. The summed E-state index contributed by atoms with van der Waals surface area (Å²) in [5.74, 6) is -0.950. The van der Waals surface area contributed by atoms with Gasteiger partial charge in [-0.05, 0) is 23.9 Å². The van der Waals surface area contributed by atoms with E-state index >= 15 is 0 Å². The number of rotatable bonds is 8. The van der Waals surface area contributed by atoms with Crippen LogP contribution in [0.25, 0.3) is 20.7 Å². The van der Waals surface area contributed by atoms with Gasteiger partial charge in [-0.3, -0.25) is 19.0 Å². The van der Waals surface area contributed by atoms with Gasteiger partial charge in [0.2, 0.25) is 0 Å². The van der Waals surface area contributed by atoms with Gasteiger partial charge in [-0.1, -0.05) is 36.4 Å². The molecule has 0 radical (unpaired) electrons. The molecule has 32 heavy (non-hydrogen) atoms. The number of benzene rings is 1. The first-order valence-electron chi connectivity index (χ1n) is 10.0. The van der Waals surface area contributed by atoms with Crippen LogP contribution in [0.5, 0.6) is 0 Å². The number of esters is 1. The standard InChI is InChI=1S/C23H21N3O4S2/c1-2-25(11-16-7-4-3-5-8-16)19(27)13-30-20(28)12-26-15-24-22-21(23(26)29)17(14-32-22)18-9-6-10-31-18/h3-10,14-15H,2,11-13H2,1H3. The first-order chi connectivity index (χ1) is 15.6. The summed E-state index contributed by atoms with van der Waals surface area (Å²) in [6, 6.07) is 13.5. The third kappa shape index (κ3) is 4.79. The minimum Gasteiger partial charge on any atom is -0.454 e. The lowest BCUT2D eigenvalue weighted by molar-refractivity contribution is -0.152. The molecule has 0 saturated heterocycles. The van der Waals surface area contributed by atoms with Gasteiger partial charge in [-0.2, -0.15) is 0 Å². The fraction of sp³-hybridized carbons (Fsp3) is 0.217. The molecular formula is C23H21N3O4S2. The number of amides is 1. The molecule has 9 heteroatoms. The van der Waals surface area contributed by atoms with Crippen molar-refractivity contribution in [1.82, 2.24) is 14.5 Å². The van der Waals surface area contributed by atoms with E-state index in [4.69, 9.17) is 4.74 Å². The third-order valence-corrected chi connectivity index (χ3v) is 6.74. The van der Waals surface area contributed by atoms with Crippen molar-refractivity contribution in [1.29, 1.82) is 0 Å². The van der Waals surface area contributed by atoms with Gasteiger partial charge in [0.05, 0.1) is 11.7 Å². The zero-order chi connectivity index (χ0) is 22.5. The maximum Gasteiger partial charge on any atom is 0.326 e. The first-order valence-corrected chi connectivity index (χ1v) is 11.8. The normalized spacial score (nSPS) is 10.9. The van der Waals surface area contributed by atoms with Crippen LogP contribution in [0.15, 0.2) is 64.3 Å². The molecule has 0 aliphatic rings. The number of aromatic nitrogens is 2. The Balaban J connectivity index is 1.42. The summed E-state index contributed by atoms with van der Waals surface area (Å²) in [4.78, 5) is 45.3. The molecule has 0 spiro atoms. The van der Waals surface area contributed by atoms with Crippen molar-refractivity contribution in [2.24, 2.45) is 0 Å². The van der Waals surface area contributed by atoms with Crippen LogP contribution in [0.3, 0.4) is 0 Å². The number of thiophene rings is 2. The summed E-state index contributed by atoms with van der Waals surface area (Å²) in [5.41, 5.74) is 1.51. The van der Waals surface area contributed by atoms with E-state index in [-0.39, 0.29) is 24.6 Å². The van der Waals surface area contributed by atoms with E-state index in [1.807, 2.05) is 60.1 Å². The van der Waals surface area contributed by atoms with Crippen molar-refractivity contribution >= 4 is 44.8 Å². The van der Waals surface area contributed by atoms with E-state index in [9.17, 15) is 14.4 Å². The lowest BCUT2D eigenvalue weighted by Crippen LogP contribution is -2.35. The molecule has 4 rings (SSSR count). The van der Waals surface area contributed by atoms with E-state index in [0.29, 0.717) is 23.3 Å². The number of likely N-dealkylation sites (N-methyl/N-ethyl adjacent to an activating group) is 1. The zero-order valence-electron chi connectivity index (χ0n) is 17.4. The second-order valence-electron chi connectivity index (χ2n) is 7.04. The van der Waals surface area contributed by atoms with Crippen LogP contribution >= 0.6 is 22.7 Å². The molecule has 7 nitrogen and oxygen atoms in total. The quantitative estimate of drug-likeness (QED) is 0.369. The largest absolute Gasteiger partial charge is 0.454 e. The highest BCUT2D eigenvalue weighted by Crippen LogP contribution is 2.33. The lowest BCUT2D eigenvalue weighted by atomic mass is 10.2. The van der Waals surface area contributed by atoms with Crippen molar-refractivity contribution in [3.05, 3.63) is 75.5 Å². The van der Waals surface area contributed by atoms with Crippen LogP contribution in [0.1, 0.15) is 12.5 Å². The van der Waals surface area contributed by atoms with Gasteiger partial charge in [0, 0.05) is 28.9 Å². The van der Waals surface area contributed by atoms with Crippen molar-refractivity contribution in [3.63, 3.8) is 0 Å². The Hall–Kier alpha value is -3.30. The first kappa shape index (κ1) is 21.9. The Labute approximate surface area is 192 Å². The van der Waals surface area contributed by atoms with E-state index < -0.39 is 5.97 Å². The number of carbonyl (C=O) groups excluding carboxylic acids is 2. The summed E-state index contributed by atoms with van der Waals surface area (Å²) in [6.45, 7) is 2.13. The van der Waals surface area contributed by atoms with E-state index in [1.165, 1.54) is 33.6 Å². The number of hydrogen-bond acceptors (Lipinski definition) is 7. The van der Waals surface area contributed by atoms with Gasteiger partial charge in [0.1, 0.15) is 11.4 Å². The summed E-state index contributed by atoms with van der Waals surface area (Å²) in [5, 5.41) is 4.33. The molecule has 1 amide bonds. The van der Waals surface area contributed by atoms with Gasteiger partial charge in [-0.25, -0.2) is 4.98 Å². The molecule has 0 N–H and O–H groups in total. The Bertz CT molecular complexity index is 1280. The van der Waals surface area contributed by atoms with Crippen molar-refractivity contribution in [2.45, 2.75) is 20.0 Å². The number of fused-ring (bicyclic) bond motifs is 1. The van der Waals surface area contributed by atoms with Crippen LogP contribution in [-0.2, 0) is 27.4 Å². The molecule has 0 fully saturated rings. The second kappa shape index (κ2) is 9.88. The van der Waals surface area contributed by atoms with E-state index in [2.05, 4.69) is 4.98 Å². The maximum atomic E-state index is 13.0. The minimum absolute atomic E-state index is 0.288. The fourth-order valence-electron chi connectivity index (χ4n) is 3.29. The van der Waals surface area contributed by atoms with Crippen LogP contribution in [0.4, 0.5) is 0 Å². The smallest absolute Gasteiger partial charge is 0.326 e. The molecule has 0 unspecified atom stereocenters. The second-order valence-corrected chi connectivity index (χ2v) is 8.84. The molecule has 3 heterocycles. The van der Waals surface area contributed by atoms with Gasteiger partial charge < -0.3 is 9.64 Å². The Morgan fingerprint density at radius 2 is 1.94 bits per heavy atom. The fourth-order valence-corrected chi connectivity index (χ4v) is 5.01. The van der Waals surface area contributed by atoms with Crippen molar-refractivity contribution < 1.29 is 14.3 Å². The van der Waals surface area contributed by atoms with Crippen LogP contribution < -0.4 is 5.56 Å². The average Bonchev–Trinajstić information content (AvgIpc) is 3.48. The number of carbonyl (C=O) groups is 2. The predicted molar refractivity (Wildman–Crippen MR) is 126 cm³/mol. The molecule has 4 aromatic rings. The lowest BCUT2D eigenvalue weighted by Gasteiger charge is -2.20. The van der Waals surface area contributed by atoms with Crippen LogP contribution in [-0.4, -0.2) is 39.5 Å². The SMILES string of the molecule is CCN(Cc1ccccc1)C(=O)COC(=O)Cn1cnc2scc(-c3cccs3)c2c1=O. The summed E-state index contributed by atoms with van der Waals surface area (Å²) < 4.78 is 6.39. The number of nitrogens with zero attached hydrogens (tertiary/aromatic N) is 3. The van der Waals surface area contributed by atoms with Gasteiger partial charge >= 0.3 is 5.97 Å². The average molecular weight is 468 g/mol. The summed E-state index contributed by atoms with van der Waals surface area (Å²) in [7, 11) is 0. The highest BCUT2D eigenvalue weighted by molar-refractivity contribution is 7.18.